The summed E-state index contributed by atoms with van der Waals surface area (Å²) < 4.78 is 0.995. The topological polar surface area (TPSA) is 54.0 Å². The Balaban J connectivity index is 1.87. The number of piperidine rings is 1. The van der Waals surface area contributed by atoms with Crippen molar-refractivity contribution in [1.82, 2.24) is 10.3 Å². The molecule has 0 aliphatic carbocycles. The van der Waals surface area contributed by atoms with Gasteiger partial charge in [0.1, 0.15) is 4.83 Å². The average molecular weight is 311 g/mol. The molecule has 0 spiro atoms. The molecule has 0 amide bonds. The van der Waals surface area contributed by atoms with Gasteiger partial charge in [0.2, 0.25) is 0 Å². The van der Waals surface area contributed by atoms with E-state index in [9.17, 15) is 4.79 Å². The van der Waals surface area contributed by atoms with Crippen LogP contribution < -0.4 is 16.1 Å². The number of hydrogen-bond donors (Lipinski definition) is 2. The van der Waals surface area contributed by atoms with Crippen molar-refractivity contribution in [2.24, 2.45) is 0 Å². The number of benzene rings is 1. The van der Waals surface area contributed by atoms with Crippen LogP contribution >= 0.6 is 11.3 Å². The molecule has 2 N–H and O–H groups in total. The molecule has 1 aliphatic rings. The number of nitrogens with zero attached hydrogens (tertiary/aromatic N) is 1. The van der Waals surface area contributed by atoms with E-state index in [-0.39, 0.29) is 5.43 Å². The third-order valence-electron chi connectivity index (χ3n) is 4.17. The molecule has 4 rings (SSSR count). The Hall–Kier alpha value is -1.98. The lowest BCUT2D eigenvalue weighted by molar-refractivity contribution is 0.479. The second kappa shape index (κ2) is 5.66. The first-order valence-electron chi connectivity index (χ1n) is 7.61. The number of rotatable bonds is 2. The lowest BCUT2D eigenvalue weighted by Crippen LogP contribution is -2.35. The van der Waals surface area contributed by atoms with Crippen molar-refractivity contribution in [1.29, 1.82) is 0 Å². The molecule has 0 atom stereocenters. The molecule has 0 unspecified atom stereocenters. The summed E-state index contributed by atoms with van der Waals surface area (Å²) in [7, 11) is 0. The maximum absolute atomic E-state index is 12.9. The van der Waals surface area contributed by atoms with Gasteiger partial charge >= 0.3 is 0 Å². The second-order valence-corrected chi connectivity index (χ2v) is 6.67. The highest BCUT2D eigenvalue weighted by Crippen LogP contribution is 2.28. The summed E-state index contributed by atoms with van der Waals surface area (Å²) in [5, 5.41) is 8.45. The number of fused-ring (bicyclic) bond motifs is 2. The van der Waals surface area contributed by atoms with Crippen LogP contribution in [-0.4, -0.2) is 24.1 Å². The third-order valence-corrected chi connectivity index (χ3v) is 5.25. The summed E-state index contributed by atoms with van der Waals surface area (Å²) in [6, 6.07) is 10.1. The Morgan fingerprint density at radius 1 is 1.18 bits per heavy atom. The minimum Gasteiger partial charge on any atom is -0.382 e. The van der Waals surface area contributed by atoms with Crippen LogP contribution in [0.25, 0.3) is 20.3 Å². The molecule has 1 aromatic carbocycles. The standard InChI is InChI=1S/C17H17N3OS/c21-16-12-3-2-8-19-17(12)22-14-5-1-4-13(15(14)16)20-11-6-9-18-10-7-11/h1-5,8,11,18,20H,6-7,9-10H2. The molecule has 1 fully saturated rings. The predicted molar refractivity (Wildman–Crippen MR) is 92.9 cm³/mol. The molecule has 0 saturated carbocycles. The fourth-order valence-electron chi connectivity index (χ4n) is 3.04. The van der Waals surface area contributed by atoms with Gasteiger partial charge in [-0.15, -0.1) is 11.3 Å². The van der Waals surface area contributed by atoms with Crippen LogP contribution in [0.1, 0.15) is 12.8 Å². The summed E-state index contributed by atoms with van der Waals surface area (Å²) in [6.07, 6.45) is 3.91. The lowest BCUT2D eigenvalue weighted by atomic mass is 10.1. The summed E-state index contributed by atoms with van der Waals surface area (Å²) in [5.74, 6) is 0. The number of nitrogens with one attached hydrogen (secondary N) is 2. The molecule has 5 heteroatoms. The Morgan fingerprint density at radius 2 is 2.05 bits per heavy atom. The fraction of sp³-hybridized carbons (Fsp3) is 0.294. The van der Waals surface area contributed by atoms with Crippen molar-refractivity contribution in [3.63, 3.8) is 0 Å². The molecular weight excluding hydrogens is 294 g/mol. The van der Waals surface area contributed by atoms with Crippen LogP contribution in [0.15, 0.2) is 41.3 Å². The summed E-state index contributed by atoms with van der Waals surface area (Å²) in [6.45, 7) is 2.06. The van der Waals surface area contributed by atoms with Gasteiger partial charge < -0.3 is 10.6 Å². The molecular formula is C17H17N3OS. The van der Waals surface area contributed by atoms with Gasteiger partial charge in [-0.05, 0) is 50.2 Å². The highest BCUT2D eigenvalue weighted by Gasteiger charge is 2.16. The highest BCUT2D eigenvalue weighted by atomic mass is 32.1. The van der Waals surface area contributed by atoms with Crippen molar-refractivity contribution in [2.45, 2.75) is 18.9 Å². The Labute approximate surface area is 132 Å². The van der Waals surface area contributed by atoms with Crippen LogP contribution in [0.2, 0.25) is 0 Å². The molecule has 4 nitrogen and oxygen atoms in total. The normalized spacial score (nSPS) is 16.2. The smallest absolute Gasteiger partial charge is 0.199 e. The minimum absolute atomic E-state index is 0.0777. The van der Waals surface area contributed by atoms with E-state index in [2.05, 4.69) is 15.6 Å². The van der Waals surface area contributed by atoms with Crippen LogP contribution in [0.3, 0.4) is 0 Å². The molecule has 22 heavy (non-hydrogen) atoms. The van der Waals surface area contributed by atoms with Crippen molar-refractivity contribution in [2.75, 3.05) is 18.4 Å². The molecule has 112 valence electrons. The molecule has 3 heterocycles. The largest absolute Gasteiger partial charge is 0.382 e. The molecule has 1 aliphatic heterocycles. The molecule has 0 bridgehead atoms. The number of aromatic nitrogens is 1. The zero-order chi connectivity index (χ0) is 14.9. The summed E-state index contributed by atoms with van der Waals surface area (Å²) >= 11 is 1.58. The van der Waals surface area contributed by atoms with Gasteiger partial charge in [-0.2, -0.15) is 0 Å². The highest BCUT2D eigenvalue weighted by molar-refractivity contribution is 7.24. The number of hydrogen-bond acceptors (Lipinski definition) is 5. The van der Waals surface area contributed by atoms with E-state index in [1.165, 1.54) is 0 Å². The zero-order valence-corrected chi connectivity index (χ0v) is 13.0. The number of pyridine rings is 1. The molecule has 3 aromatic rings. The van der Waals surface area contributed by atoms with Crippen molar-refractivity contribution < 1.29 is 0 Å². The lowest BCUT2D eigenvalue weighted by Gasteiger charge is -2.25. The second-order valence-electron chi connectivity index (χ2n) is 5.63. The molecule has 1 saturated heterocycles. The van der Waals surface area contributed by atoms with Crippen LogP contribution in [0.4, 0.5) is 5.69 Å². The monoisotopic (exact) mass is 311 g/mol. The van der Waals surface area contributed by atoms with Gasteiger partial charge in [0.15, 0.2) is 5.43 Å². The van der Waals surface area contributed by atoms with Crippen LogP contribution in [0.5, 0.6) is 0 Å². The van der Waals surface area contributed by atoms with Gasteiger partial charge in [-0.3, -0.25) is 4.79 Å². The Kier molecular flexibility index (Phi) is 3.52. The Bertz CT molecular complexity index is 884. The SMILES string of the molecule is O=c1c2cccnc2sc2cccc(NC3CCNCC3)c12. The van der Waals surface area contributed by atoms with Crippen molar-refractivity contribution in [3.05, 3.63) is 46.8 Å². The maximum atomic E-state index is 12.9. The van der Waals surface area contributed by atoms with E-state index < -0.39 is 0 Å². The van der Waals surface area contributed by atoms with E-state index in [0.29, 0.717) is 11.4 Å². The minimum atomic E-state index is 0.0777. The van der Waals surface area contributed by atoms with E-state index in [4.69, 9.17) is 0 Å². The van der Waals surface area contributed by atoms with Crippen molar-refractivity contribution in [3.8, 4) is 0 Å². The average Bonchev–Trinajstić information content (AvgIpc) is 2.56. The third kappa shape index (κ3) is 2.36. The van der Waals surface area contributed by atoms with Gasteiger partial charge in [0.25, 0.3) is 0 Å². The van der Waals surface area contributed by atoms with Gasteiger partial charge in [0.05, 0.1) is 10.8 Å². The van der Waals surface area contributed by atoms with Crippen molar-refractivity contribution >= 4 is 37.3 Å². The first-order chi connectivity index (χ1) is 10.8. The molecule has 2 aromatic heterocycles. The first-order valence-corrected chi connectivity index (χ1v) is 8.42. The van der Waals surface area contributed by atoms with E-state index in [1.807, 2.05) is 30.3 Å². The maximum Gasteiger partial charge on any atom is 0.199 e. The number of anilines is 1. The first kappa shape index (κ1) is 13.7. The van der Waals surface area contributed by atoms with Gasteiger partial charge in [-0.1, -0.05) is 6.07 Å². The van der Waals surface area contributed by atoms with E-state index in [1.54, 1.807) is 17.5 Å². The zero-order valence-electron chi connectivity index (χ0n) is 12.1. The fourth-order valence-corrected chi connectivity index (χ4v) is 4.08. The van der Waals surface area contributed by atoms with E-state index >= 15 is 0 Å². The Morgan fingerprint density at radius 3 is 2.91 bits per heavy atom. The summed E-state index contributed by atoms with van der Waals surface area (Å²) in [5.41, 5.74) is 1.03. The van der Waals surface area contributed by atoms with Gasteiger partial charge in [-0.25, -0.2) is 4.98 Å². The van der Waals surface area contributed by atoms with Crippen LogP contribution in [0, 0.1) is 0 Å². The predicted octanol–water partition coefficient (Wildman–Crippen LogP) is 2.97. The van der Waals surface area contributed by atoms with E-state index in [0.717, 1.165) is 46.5 Å². The van der Waals surface area contributed by atoms with Gasteiger partial charge in [0, 0.05) is 22.6 Å². The quantitative estimate of drug-likeness (QED) is 0.715. The van der Waals surface area contributed by atoms with Crippen LogP contribution in [-0.2, 0) is 0 Å². The summed E-state index contributed by atoms with van der Waals surface area (Å²) in [4.78, 5) is 18.0. The molecule has 0 radical (unpaired) electrons.